The number of halogens is 12. The summed E-state index contributed by atoms with van der Waals surface area (Å²) in [5.41, 5.74) is 0. The topological polar surface area (TPSA) is 110 Å². The highest BCUT2D eigenvalue weighted by atomic mass is 31.2. The number of phosphoric acid groups is 2. The number of hydrogen-bond donors (Lipinski definition) is 1. The molecule has 0 amide bonds. The number of ether oxygens (including phenoxy) is 1. The van der Waals surface area contributed by atoms with Gasteiger partial charge in [0, 0.05) is 0 Å². The van der Waals surface area contributed by atoms with Gasteiger partial charge in [0.1, 0.15) is 0 Å². The molecule has 224 valence electrons. The van der Waals surface area contributed by atoms with Crippen molar-refractivity contribution in [3.63, 3.8) is 0 Å². The van der Waals surface area contributed by atoms with E-state index in [4.69, 9.17) is 9.63 Å². The number of benzene rings is 1. The first-order chi connectivity index (χ1) is 16.9. The third kappa shape index (κ3) is 19.3. The molecule has 0 saturated heterocycles. The highest BCUT2D eigenvalue weighted by molar-refractivity contribution is 7.49. The van der Waals surface area contributed by atoms with Crippen LogP contribution in [0.5, 0.6) is 11.5 Å². The van der Waals surface area contributed by atoms with Crippen LogP contribution in [0, 0.1) is 0 Å². The van der Waals surface area contributed by atoms with Crippen molar-refractivity contribution in [1.82, 2.24) is 0 Å². The van der Waals surface area contributed by atoms with E-state index in [0.29, 0.717) is 0 Å². The van der Waals surface area contributed by atoms with Gasteiger partial charge in [-0.15, -0.1) is 0 Å². The fraction of sp³-hybridized carbons (Fsp3) is 0.600. The van der Waals surface area contributed by atoms with Gasteiger partial charge in [-0.2, -0.15) is 52.7 Å². The second-order valence-electron chi connectivity index (χ2n) is 6.21. The van der Waals surface area contributed by atoms with Crippen molar-refractivity contribution >= 4 is 15.6 Å². The van der Waals surface area contributed by atoms with Gasteiger partial charge < -0.3 is 14.2 Å². The Hall–Kier alpha value is -1.76. The number of alkyl halides is 12. The molecule has 0 aliphatic carbocycles. The van der Waals surface area contributed by atoms with Crippen molar-refractivity contribution in [2.45, 2.75) is 24.7 Å². The molecule has 0 fully saturated rings. The molecule has 23 heteroatoms. The Balaban J connectivity index is 0.000000793. The summed E-state index contributed by atoms with van der Waals surface area (Å²) < 4.78 is 188. The van der Waals surface area contributed by atoms with Crippen molar-refractivity contribution in [2.24, 2.45) is 0 Å². The lowest BCUT2D eigenvalue weighted by molar-refractivity contribution is -0.169. The first-order valence-corrected chi connectivity index (χ1v) is 11.9. The van der Waals surface area contributed by atoms with Crippen LogP contribution in [-0.2, 0) is 27.2 Å². The van der Waals surface area contributed by atoms with Gasteiger partial charge in [0.05, 0.1) is 7.11 Å². The average molecular weight is 630 g/mol. The van der Waals surface area contributed by atoms with Gasteiger partial charge in [0.25, 0.3) is 0 Å². The Morgan fingerprint density at radius 1 is 0.632 bits per heavy atom. The number of hydrogen-bond acceptors (Lipinski definition) is 8. The van der Waals surface area contributed by atoms with Gasteiger partial charge in [-0.05, 0) is 12.1 Å². The smallest absolute Gasteiger partial charge is 0.493 e. The van der Waals surface area contributed by atoms with Crippen LogP contribution < -0.4 is 9.26 Å². The quantitative estimate of drug-likeness (QED) is 0.214. The minimum absolute atomic E-state index is 0.0843. The lowest BCUT2D eigenvalue weighted by Crippen LogP contribution is -2.21. The van der Waals surface area contributed by atoms with E-state index in [1.165, 1.54) is 25.3 Å². The average Bonchev–Trinajstić information content (AvgIpc) is 2.73. The predicted octanol–water partition coefficient (Wildman–Crippen LogP) is 6.58. The number of methoxy groups -OCH3 is 1. The lowest BCUT2D eigenvalue weighted by atomic mass is 10.3. The zero-order chi connectivity index (χ0) is 30.1. The Morgan fingerprint density at radius 3 is 1.26 bits per heavy atom. The zero-order valence-electron chi connectivity index (χ0n) is 18.3. The van der Waals surface area contributed by atoms with Crippen LogP contribution in [0.2, 0.25) is 0 Å². The molecule has 9 nitrogen and oxygen atoms in total. The molecule has 0 aliphatic rings. The Bertz CT molecular complexity index is 903. The maximum atomic E-state index is 12.1. The third-order valence-electron chi connectivity index (χ3n) is 2.83. The van der Waals surface area contributed by atoms with Crippen LogP contribution in [0.3, 0.4) is 0 Å². The molecule has 0 aromatic heterocycles. The molecule has 1 N–H and O–H groups in total. The molecule has 0 bridgehead atoms. The van der Waals surface area contributed by atoms with E-state index in [0.717, 1.165) is 6.07 Å². The van der Waals surface area contributed by atoms with Crippen LogP contribution in [0.4, 0.5) is 52.7 Å². The van der Waals surface area contributed by atoms with E-state index in [2.05, 4.69) is 22.6 Å². The largest absolute Gasteiger partial charge is 0.530 e. The Morgan fingerprint density at radius 2 is 0.947 bits per heavy atom. The highest BCUT2D eigenvalue weighted by Crippen LogP contribution is 2.53. The van der Waals surface area contributed by atoms with Crippen LogP contribution in [0.1, 0.15) is 0 Å². The molecule has 0 unspecified atom stereocenters. The number of para-hydroxylation sites is 2. The second-order valence-corrected chi connectivity index (χ2v) is 9.26. The maximum Gasteiger partial charge on any atom is 0.530 e. The van der Waals surface area contributed by atoms with E-state index in [1.54, 1.807) is 0 Å². The maximum absolute atomic E-state index is 12.1. The van der Waals surface area contributed by atoms with E-state index < -0.39 is 72.5 Å². The van der Waals surface area contributed by atoms with Crippen molar-refractivity contribution < 1.29 is 94.1 Å². The summed E-state index contributed by atoms with van der Waals surface area (Å²) in [6, 6.07) is 5.17. The van der Waals surface area contributed by atoms with Gasteiger partial charge >= 0.3 is 40.4 Å². The molecule has 0 saturated carbocycles. The summed E-state index contributed by atoms with van der Waals surface area (Å²) in [5.74, 6) is -0.485. The summed E-state index contributed by atoms with van der Waals surface area (Å²) in [7, 11) is -9.35. The molecule has 0 radical (unpaired) electrons. The molecule has 0 aliphatic heterocycles. The first-order valence-electron chi connectivity index (χ1n) is 8.96. The molecule has 0 atom stereocenters. The van der Waals surface area contributed by atoms with Crippen LogP contribution >= 0.6 is 15.6 Å². The van der Waals surface area contributed by atoms with Gasteiger partial charge in [0.15, 0.2) is 37.9 Å². The van der Waals surface area contributed by atoms with Gasteiger partial charge in [0.2, 0.25) is 0 Å². The van der Waals surface area contributed by atoms with Gasteiger partial charge in [-0.3, -0.25) is 18.1 Å². The molecule has 1 aromatic carbocycles. The monoisotopic (exact) mass is 630 g/mol. The fourth-order valence-electron chi connectivity index (χ4n) is 1.56. The van der Waals surface area contributed by atoms with E-state index in [9.17, 15) is 61.8 Å². The van der Waals surface area contributed by atoms with E-state index in [-0.39, 0.29) is 5.75 Å². The first kappa shape index (κ1) is 36.2. The standard InChI is InChI=1S/C11H11F6O5P.C4H5F6O4P/c1-19-8-4-2-3-5-9(8)22-23(18,20-6-10(12,13)14)21-7-11(15,16)17;5-3(6,7)1-13-15(11,12)14-2-4(8,9)10/h2-5H,6-7H2,1H3;1-2H2,(H,11,12). The fourth-order valence-corrected chi connectivity index (χ4v) is 3.43. The molecule has 1 aromatic rings. The minimum atomic E-state index is -5.33. The van der Waals surface area contributed by atoms with Gasteiger partial charge in [-0.1, -0.05) is 12.1 Å². The number of rotatable bonds is 11. The summed E-state index contributed by atoms with van der Waals surface area (Å²) in [6.45, 7) is -8.56. The predicted molar refractivity (Wildman–Crippen MR) is 99.1 cm³/mol. The summed E-state index contributed by atoms with van der Waals surface area (Å²) in [4.78, 5) is 8.35. The van der Waals surface area contributed by atoms with E-state index >= 15 is 0 Å². The molecular weight excluding hydrogens is 614 g/mol. The van der Waals surface area contributed by atoms with Crippen LogP contribution in [-0.4, -0.2) is 63.1 Å². The SMILES string of the molecule is COc1ccccc1OP(=O)(OCC(F)(F)F)OCC(F)(F)F.O=P(O)(OCC(F)(F)F)OCC(F)(F)F. The molecule has 1 rings (SSSR count). The lowest BCUT2D eigenvalue weighted by Gasteiger charge is -2.20. The molecule has 0 heterocycles. The second kappa shape index (κ2) is 14.0. The zero-order valence-corrected chi connectivity index (χ0v) is 20.1. The molecule has 38 heavy (non-hydrogen) atoms. The summed E-state index contributed by atoms with van der Waals surface area (Å²) in [5, 5.41) is 0. The van der Waals surface area contributed by atoms with E-state index in [1.807, 2.05) is 0 Å². The summed E-state index contributed by atoms with van der Waals surface area (Å²) >= 11 is 0. The minimum Gasteiger partial charge on any atom is -0.493 e. The van der Waals surface area contributed by atoms with Crippen LogP contribution in [0.25, 0.3) is 0 Å². The summed E-state index contributed by atoms with van der Waals surface area (Å²) in [6.07, 6.45) is -19.7. The van der Waals surface area contributed by atoms with Crippen LogP contribution in [0.15, 0.2) is 24.3 Å². The van der Waals surface area contributed by atoms with Crippen molar-refractivity contribution in [2.75, 3.05) is 33.5 Å². The van der Waals surface area contributed by atoms with Crippen molar-refractivity contribution in [3.8, 4) is 11.5 Å². The van der Waals surface area contributed by atoms with Crippen molar-refractivity contribution in [3.05, 3.63) is 24.3 Å². The molecule has 0 spiro atoms. The van der Waals surface area contributed by atoms with Crippen molar-refractivity contribution in [1.29, 1.82) is 0 Å². The number of phosphoric ester groups is 2. The Labute approximate surface area is 204 Å². The highest BCUT2D eigenvalue weighted by Gasteiger charge is 2.41. The van der Waals surface area contributed by atoms with Gasteiger partial charge in [-0.25, -0.2) is 9.13 Å². The third-order valence-corrected chi connectivity index (χ3v) is 5.06. The Kier molecular flexibility index (Phi) is 13.4. The molecular formula is C15H16F12O9P2. The normalized spacial score (nSPS) is 13.5.